The van der Waals surface area contributed by atoms with Gasteiger partial charge in [-0.3, -0.25) is 4.79 Å². The number of piperidine rings is 1. The molecule has 3 N–H and O–H groups in total. The highest BCUT2D eigenvalue weighted by atomic mass is 16.4. The van der Waals surface area contributed by atoms with Crippen molar-refractivity contribution in [3.8, 4) is 0 Å². The molecular weight excluding hydrogens is 206 g/mol. The third-order valence-corrected chi connectivity index (χ3v) is 3.33. The first-order valence-electron chi connectivity index (χ1n) is 6.25. The third-order valence-electron chi connectivity index (χ3n) is 3.33. The predicted molar refractivity (Wildman–Crippen MR) is 62.3 cm³/mol. The SMILES string of the molecule is CC1NC(CCCCCC(=O)O)CCC1O. The maximum atomic E-state index is 10.3. The molecule has 0 aromatic carbocycles. The summed E-state index contributed by atoms with van der Waals surface area (Å²) < 4.78 is 0. The van der Waals surface area contributed by atoms with Crippen LogP contribution in [-0.2, 0) is 4.79 Å². The van der Waals surface area contributed by atoms with Crippen molar-refractivity contribution in [3.63, 3.8) is 0 Å². The molecule has 4 heteroatoms. The molecule has 0 aromatic rings. The smallest absolute Gasteiger partial charge is 0.303 e. The topological polar surface area (TPSA) is 69.6 Å². The Bertz CT molecular complexity index is 220. The Kier molecular flexibility index (Phi) is 5.77. The van der Waals surface area contributed by atoms with Gasteiger partial charge in [-0.1, -0.05) is 12.8 Å². The summed E-state index contributed by atoms with van der Waals surface area (Å²) in [7, 11) is 0. The van der Waals surface area contributed by atoms with Gasteiger partial charge in [0.15, 0.2) is 0 Å². The van der Waals surface area contributed by atoms with Gasteiger partial charge in [-0.25, -0.2) is 0 Å². The molecule has 0 aromatic heterocycles. The van der Waals surface area contributed by atoms with Gasteiger partial charge < -0.3 is 15.5 Å². The molecule has 1 saturated heterocycles. The van der Waals surface area contributed by atoms with Gasteiger partial charge in [0.25, 0.3) is 0 Å². The van der Waals surface area contributed by atoms with Crippen molar-refractivity contribution in [2.24, 2.45) is 0 Å². The molecule has 1 heterocycles. The number of aliphatic carboxylic acids is 1. The minimum Gasteiger partial charge on any atom is -0.481 e. The standard InChI is InChI=1S/C12H23NO3/c1-9-11(14)8-7-10(13-9)5-3-2-4-6-12(15)16/h9-11,13-14H,2-8H2,1H3,(H,15,16). The van der Waals surface area contributed by atoms with Crippen LogP contribution in [0.4, 0.5) is 0 Å². The number of rotatable bonds is 6. The quantitative estimate of drug-likeness (QED) is 0.604. The Morgan fingerprint density at radius 2 is 2.06 bits per heavy atom. The molecular formula is C12H23NO3. The second kappa shape index (κ2) is 6.86. The van der Waals surface area contributed by atoms with Gasteiger partial charge in [-0.2, -0.15) is 0 Å². The summed E-state index contributed by atoms with van der Waals surface area (Å²) in [5.41, 5.74) is 0. The lowest BCUT2D eigenvalue weighted by Gasteiger charge is -2.32. The maximum absolute atomic E-state index is 10.3. The van der Waals surface area contributed by atoms with Crippen molar-refractivity contribution >= 4 is 5.97 Å². The van der Waals surface area contributed by atoms with Gasteiger partial charge in [0.2, 0.25) is 0 Å². The fraction of sp³-hybridized carbons (Fsp3) is 0.917. The molecule has 0 bridgehead atoms. The van der Waals surface area contributed by atoms with Gasteiger partial charge in [-0.05, 0) is 32.6 Å². The number of carboxylic acids is 1. The molecule has 1 aliphatic heterocycles. The molecule has 1 fully saturated rings. The van der Waals surface area contributed by atoms with Crippen LogP contribution >= 0.6 is 0 Å². The fourth-order valence-electron chi connectivity index (χ4n) is 2.26. The van der Waals surface area contributed by atoms with E-state index >= 15 is 0 Å². The van der Waals surface area contributed by atoms with Crippen molar-refractivity contribution in [1.82, 2.24) is 5.32 Å². The molecule has 1 rings (SSSR count). The molecule has 4 nitrogen and oxygen atoms in total. The summed E-state index contributed by atoms with van der Waals surface area (Å²) in [5, 5.41) is 21.4. The zero-order valence-electron chi connectivity index (χ0n) is 9.98. The monoisotopic (exact) mass is 229 g/mol. The van der Waals surface area contributed by atoms with Crippen molar-refractivity contribution in [3.05, 3.63) is 0 Å². The Labute approximate surface area is 97.0 Å². The third kappa shape index (κ3) is 4.94. The molecule has 0 saturated carbocycles. The maximum Gasteiger partial charge on any atom is 0.303 e. The summed E-state index contributed by atoms with van der Waals surface area (Å²) in [6.45, 7) is 2.02. The van der Waals surface area contributed by atoms with Gasteiger partial charge >= 0.3 is 5.97 Å². The number of aliphatic hydroxyl groups is 1. The normalized spacial score (nSPS) is 30.2. The summed E-state index contributed by atoms with van der Waals surface area (Å²) in [5.74, 6) is -0.701. The van der Waals surface area contributed by atoms with Crippen LogP contribution in [0, 0.1) is 0 Å². The van der Waals surface area contributed by atoms with E-state index in [9.17, 15) is 9.90 Å². The van der Waals surface area contributed by atoms with E-state index in [0.29, 0.717) is 6.04 Å². The molecule has 3 atom stereocenters. The van der Waals surface area contributed by atoms with Gasteiger partial charge in [0.05, 0.1) is 6.10 Å². The molecule has 0 aliphatic carbocycles. The molecule has 0 spiro atoms. The minimum atomic E-state index is -0.701. The lowest BCUT2D eigenvalue weighted by molar-refractivity contribution is -0.137. The molecule has 1 aliphatic rings. The van der Waals surface area contributed by atoms with Crippen molar-refractivity contribution in [1.29, 1.82) is 0 Å². The number of unbranched alkanes of at least 4 members (excludes halogenated alkanes) is 2. The van der Waals surface area contributed by atoms with Crippen molar-refractivity contribution in [2.75, 3.05) is 0 Å². The first-order chi connectivity index (χ1) is 7.59. The molecule has 16 heavy (non-hydrogen) atoms. The fourth-order valence-corrected chi connectivity index (χ4v) is 2.26. The average Bonchev–Trinajstić information content (AvgIpc) is 2.22. The largest absolute Gasteiger partial charge is 0.481 e. The van der Waals surface area contributed by atoms with E-state index < -0.39 is 5.97 Å². The molecule has 3 unspecified atom stereocenters. The Balaban J connectivity index is 2.03. The summed E-state index contributed by atoms with van der Waals surface area (Å²) in [6, 6.07) is 0.695. The van der Waals surface area contributed by atoms with E-state index in [2.05, 4.69) is 5.32 Å². The first-order valence-corrected chi connectivity index (χ1v) is 6.25. The first kappa shape index (κ1) is 13.5. The minimum absolute atomic E-state index is 0.192. The number of carboxylic acid groups (broad SMARTS) is 1. The highest BCUT2D eigenvalue weighted by Gasteiger charge is 2.24. The zero-order valence-corrected chi connectivity index (χ0v) is 9.98. The average molecular weight is 229 g/mol. The van der Waals surface area contributed by atoms with E-state index in [1.165, 1.54) is 0 Å². The predicted octanol–water partition coefficient (Wildman–Crippen LogP) is 1.52. The molecule has 0 radical (unpaired) electrons. The van der Waals surface area contributed by atoms with Crippen LogP contribution in [-0.4, -0.2) is 34.4 Å². The Morgan fingerprint density at radius 1 is 1.31 bits per heavy atom. The number of hydrogen-bond acceptors (Lipinski definition) is 3. The van der Waals surface area contributed by atoms with Crippen LogP contribution in [0.3, 0.4) is 0 Å². The zero-order chi connectivity index (χ0) is 12.0. The lowest BCUT2D eigenvalue weighted by Crippen LogP contribution is -2.48. The number of carbonyl (C=O) groups is 1. The van der Waals surface area contributed by atoms with E-state index in [1.54, 1.807) is 0 Å². The van der Waals surface area contributed by atoms with Crippen molar-refractivity contribution < 1.29 is 15.0 Å². The number of aliphatic hydroxyl groups excluding tert-OH is 1. The summed E-state index contributed by atoms with van der Waals surface area (Å²) in [6.07, 6.45) is 5.93. The highest BCUT2D eigenvalue weighted by molar-refractivity contribution is 5.66. The van der Waals surface area contributed by atoms with Gasteiger partial charge in [0.1, 0.15) is 0 Å². The highest BCUT2D eigenvalue weighted by Crippen LogP contribution is 2.17. The van der Waals surface area contributed by atoms with Crippen LogP contribution in [0.25, 0.3) is 0 Å². The van der Waals surface area contributed by atoms with Crippen LogP contribution in [0.1, 0.15) is 51.9 Å². The molecule has 94 valence electrons. The van der Waals surface area contributed by atoms with Crippen molar-refractivity contribution in [2.45, 2.75) is 70.1 Å². The number of hydrogen-bond donors (Lipinski definition) is 3. The Hall–Kier alpha value is -0.610. The van der Waals surface area contributed by atoms with Crippen LogP contribution in [0.5, 0.6) is 0 Å². The second-order valence-electron chi connectivity index (χ2n) is 4.79. The van der Waals surface area contributed by atoms with Crippen LogP contribution in [0.15, 0.2) is 0 Å². The van der Waals surface area contributed by atoms with Crippen LogP contribution < -0.4 is 5.32 Å². The lowest BCUT2D eigenvalue weighted by atomic mass is 9.93. The Morgan fingerprint density at radius 3 is 2.69 bits per heavy atom. The van der Waals surface area contributed by atoms with E-state index in [0.717, 1.165) is 38.5 Å². The van der Waals surface area contributed by atoms with Gasteiger partial charge in [0, 0.05) is 18.5 Å². The summed E-state index contributed by atoms with van der Waals surface area (Å²) in [4.78, 5) is 10.3. The van der Waals surface area contributed by atoms with E-state index in [1.807, 2.05) is 6.92 Å². The molecule has 0 amide bonds. The van der Waals surface area contributed by atoms with E-state index in [4.69, 9.17) is 5.11 Å². The van der Waals surface area contributed by atoms with Crippen LogP contribution in [0.2, 0.25) is 0 Å². The van der Waals surface area contributed by atoms with Gasteiger partial charge in [-0.15, -0.1) is 0 Å². The number of nitrogens with one attached hydrogen (secondary N) is 1. The summed E-state index contributed by atoms with van der Waals surface area (Å²) >= 11 is 0. The van der Waals surface area contributed by atoms with E-state index in [-0.39, 0.29) is 18.6 Å². The second-order valence-corrected chi connectivity index (χ2v) is 4.79.